The molecule has 0 amide bonds. The van der Waals surface area contributed by atoms with Gasteiger partial charge >= 0.3 is 0 Å². The van der Waals surface area contributed by atoms with Crippen LogP contribution >= 0.6 is 11.6 Å². The third-order valence-corrected chi connectivity index (χ3v) is 4.20. The smallest absolute Gasteiger partial charge is 0.137 e. The summed E-state index contributed by atoms with van der Waals surface area (Å²) in [5, 5.41) is 5.06. The number of anilines is 1. The first-order chi connectivity index (χ1) is 12.3. The number of aromatic nitrogens is 4. The molecule has 0 fully saturated rings. The van der Waals surface area contributed by atoms with Gasteiger partial charge in [-0.2, -0.15) is 0 Å². The van der Waals surface area contributed by atoms with Crippen LogP contribution in [0.3, 0.4) is 0 Å². The maximum Gasteiger partial charge on any atom is 0.137 e. The fourth-order valence-corrected chi connectivity index (χ4v) is 2.95. The second-order valence-corrected chi connectivity index (χ2v) is 6.24. The molecule has 0 bridgehead atoms. The fourth-order valence-electron chi connectivity index (χ4n) is 2.76. The molecule has 0 saturated heterocycles. The summed E-state index contributed by atoms with van der Waals surface area (Å²) in [5.41, 5.74) is 4.30. The van der Waals surface area contributed by atoms with Gasteiger partial charge in [-0.1, -0.05) is 17.7 Å². The van der Waals surface area contributed by atoms with Gasteiger partial charge in [0.15, 0.2) is 0 Å². The van der Waals surface area contributed by atoms with Crippen molar-refractivity contribution in [2.75, 3.05) is 5.32 Å². The zero-order valence-corrected chi connectivity index (χ0v) is 14.2. The molecule has 4 rings (SSSR count). The molecule has 4 aromatic heterocycles. The van der Waals surface area contributed by atoms with E-state index in [4.69, 9.17) is 11.6 Å². The van der Waals surface area contributed by atoms with Gasteiger partial charge in [-0.05, 0) is 41.0 Å². The highest BCUT2D eigenvalue weighted by Gasteiger charge is 2.05. The van der Waals surface area contributed by atoms with E-state index in [1.807, 2.05) is 30.6 Å². The van der Waals surface area contributed by atoms with Crippen LogP contribution in [0, 0.1) is 0 Å². The van der Waals surface area contributed by atoms with E-state index in [9.17, 15) is 0 Å². The molecule has 0 radical (unpaired) electrons. The fraction of sp³-hybridized carbons (Fsp3) is 0.105. The van der Waals surface area contributed by atoms with Gasteiger partial charge in [0.25, 0.3) is 0 Å². The average molecular weight is 350 g/mol. The lowest BCUT2D eigenvalue weighted by Crippen LogP contribution is -2.02. The number of halogens is 1. The Hall–Kier alpha value is -2.92. The highest BCUT2D eigenvalue weighted by atomic mass is 35.5. The first-order valence-electron chi connectivity index (χ1n) is 7.97. The van der Waals surface area contributed by atoms with Crippen LogP contribution in [0.2, 0.25) is 5.02 Å². The number of hydrogen-bond donors (Lipinski definition) is 2. The van der Waals surface area contributed by atoms with Crippen molar-refractivity contribution < 1.29 is 0 Å². The minimum Gasteiger partial charge on any atom is -0.366 e. The molecule has 0 unspecified atom stereocenters. The molecule has 0 spiro atoms. The van der Waals surface area contributed by atoms with Crippen LogP contribution in [0.4, 0.5) is 5.82 Å². The van der Waals surface area contributed by atoms with E-state index >= 15 is 0 Å². The molecule has 5 nitrogen and oxygen atoms in total. The van der Waals surface area contributed by atoms with Crippen molar-refractivity contribution in [2.24, 2.45) is 0 Å². The van der Waals surface area contributed by atoms with Crippen LogP contribution in [0.1, 0.15) is 16.7 Å². The van der Waals surface area contributed by atoms with E-state index in [2.05, 4.69) is 37.4 Å². The Morgan fingerprint density at radius 3 is 2.84 bits per heavy atom. The van der Waals surface area contributed by atoms with Crippen LogP contribution in [-0.4, -0.2) is 19.9 Å². The first kappa shape index (κ1) is 15.6. The van der Waals surface area contributed by atoms with E-state index < -0.39 is 0 Å². The van der Waals surface area contributed by atoms with Crippen molar-refractivity contribution in [3.05, 3.63) is 83.0 Å². The predicted octanol–water partition coefficient (Wildman–Crippen LogP) is 4.21. The molecule has 4 aromatic rings. The quantitative estimate of drug-likeness (QED) is 0.566. The molecule has 6 heteroatoms. The number of rotatable bonds is 5. The van der Waals surface area contributed by atoms with Gasteiger partial charge in [0.1, 0.15) is 11.5 Å². The number of nitrogens with zero attached hydrogens (tertiary/aromatic N) is 3. The summed E-state index contributed by atoms with van der Waals surface area (Å²) in [6, 6.07) is 9.99. The summed E-state index contributed by atoms with van der Waals surface area (Å²) < 4.78 is 0. The first-order valence-corrected chi connectivity index (χ1v) is 8.35. The van der Waals surface area contributed by atoms with Gasteiger partial charge in [0, 0.05) is 49.3 Å². The second-order valence-electron chi connectivity index (χ2n) is 5.81. The molecule has 0 aliphatic rings. The molecular formula is C19H16ClN5. The SMILES string of the molecule is Clc1cncc(CNc2ccc(Cc3c[nH]c4ncccc34)cn2)c1. The summed E-state index contributed by atoms with van der Waals surface area (Å²) >= 11 is 5.94. The van der Waals surface area contributed by atoms with Crippen molar-refractivity contribution in [1.29, 1.82) is 0 Å². The Labute approximate surface area is 150 Å². The Bertz CT molecular complexity index is 994. The van der Waals surface area contributed by atoms with Crippen LogP contribution in [0.25, 0.3) is 11.0 Å². The van der Waals surface area contributed by atoms with E-state index in [-0.39, 0.29) is 0 Å². The molecule has 4 heterocycles. The van der Waals surface area contributed by atoms with E-state index in [0.717, 1.165) is 34.4 Å². The normalized spacial score (nSPS) is 10.9. The summed E-state index contributed by atoms with van der Waals surface area (Å²) in [4.78, 5) is 16.1. The maximum absolute atomic E-state index is 5.94. The van der Waals surface area contributed by atoms with E-state index in [1.54, 1.807) is 18.6 Å². The van der Waals surface area contributed by atoms with E-state index in [0.29, 0.717) is 11.6 Å². The summed E-state index contributed by atoms with van der Waals surface area (Å²) in [7, 11) is 0. The van der Waals surface area contributed by atoms with Crippen LogP contribution in [0.5, 0.6) is 0 Å². The van der Waals surface area contributed by atoms with Gasteiger partial charge in [0.05, 0.1) is 5.02 Å². The van der Waals surface area contributed by atoms with Gasteiger partial charge in [0.2, 0.25) is 0 Å². The second kappa shape index (κ2) is 6.91. The van der Waals surface area contributed by atoms with Crippen molar-refractivity contribution in [3.8, 4) is 0 Å². The van der Waals surface area contributed by atoms with E-state index in [1.165, 1.54) is 5.56 Å². The lowest BCUT2D eigenvalue weighted by molar-refractivity contribution is 1.07. The van der Waals surface area contributed by atoms with Gasteiger partial charge in [-0.25, -0.2) is 9.97 Å². The zero-order valence-electron chi connectivity index (χ0n) is 13.4. The number of H-pyrrole nitrogens is 1. The molecule has 0 saturated carbocycles. The van der Waals surface area contributed by atoms with Crippen molar-refractivity contribution in [1.82, 2.24) is 19.9 Å². The number of nitrogens with one attached hydrogen (secondary N) is 2. The highest BCUT2D eigenvalue weighted by Crippen LogP contribution is 2.19. The van der Waals surface area contributed by atoms with Crippen LogP contribution < -0.4 is 5.32 Å². The topological polar surface area (TPSA) is 66.5 Å². The Kier molecular flexibility index (Phi) is 4.31. The lowest BCUT2D eigenvalue weighted by Gasteiger charge is -2.07. The molecule has 124 valence electrons. The zero-order chi connectivity index (χ0) is 17.1. The molecule has 0 atom stereocenters. The Morgan fingerprint density at radius 2 is 2.00 bits per heavy atom. The monoisotopic (exact) mass is 349 g/mol. The Balaban J connectivity index is 1.43. The minimum absolute atomic E-state index is 0.633. The van der Waals surface area contributed by atoms with Gasteiger partial charge < -0.3 is 10.3 Å². The van der Waals surface area contributed by atoms with Gasteiger partial charge in [-0.3, -0.25) is 4.98 Å². The minimum atomic E-state index is 0.633. The van der Waals surface area contributed by atoms with Gasteiger partial charge in [-0.15, -0.1) is 0 Å². The Morgan fingerprint density at radius 1 is 1.04 bits per heavy atom. The standard InChI is InChI=1S/C19H16ClN5/c20-16-7-14(8-21-12-16)10-24-18-4-3-13(9-23-18)6-15-11-25-19-17(15)2-1-5-22-19/h1-5,7-9,11-12H,6,10H2,(H,22,25)(H,23,24). The van der Waals surface area contributed by atoms with Crippen LogP contribution in [-0.2, 0) is 13.0 Å². The van der Waals surface area contributed by atoms with Crippen molar-refractivity contribution in [2.45, 2.75) is 13.0 Å². The maximum atomic E-state index is 5.94. The third kappa shape index (κ3) is 3.61. The summed E-state index contributed by atoms with van der Waals surface area (Å²) in [6.45, 7) is 0.633. The third-order valence-electron chi connectivity index (χ3n) is 3.99. The summed E-state index contributed by atoms with van der Waals surface area (Å²) in [6.07, 6.45) is 9.93. The number of fused-ring (bicyclic) bond motifs is 1. The largest absolute Gasteiger partial charge is 0.366 e. The molecule has 0 aromatic carbocycles. The number of hydrogen-bond acceptors (Lipinski definition) is 4. The van der Waals surface area contributed by atoms with Crippen molar-refractivity contribution in [3.63, 3.8) is 0 Å². The van der Waals surface area contributed by atoms with Crippen LogP contribution in [0.15, 0.2) is 61.3 Å². The predicted molar refractivity (Wildman–Crippen MR) is 99.7 cm³/mol. The molecule has 25 heavy (non-hydrogen) atoms. The summed E-state index contributed by atoms with van der Waals surface area (Å²) in [5.74, 6) is 0.823. The highest BCUT2D eigenvalue weighted by molar-refractivity contribution is 6.30. The number of aromatic amines is 1. The van der Waals surface area contributed by atoms with Crippen molar-refractivity contribution >= 4 is 28.5 Å². The molecule has 0 aliphatic carbocycles. The molecule has 0 aliphatic heterocycles. The number of pyridine rings is 3. The molecule has 2 N–H and O–H groups in total. The lowest BCUT2D eigenvalue weighted by atomic mass is 10.1. The molecular weight excluding hydrogens is 334 g/mol. The average Bonchev–Trinajstić information content (AvgIpc) is 3.04.